The number of rotatable bonds is 5. The van der Waals surface area contributed by atoms with Gasteiger partial charge in [-0.25, -0.2) is 19.0 Å². The van der Waals surface area contributed by atoms with Crippen LogP contribution in [0.25, 0.3) is 5.69 Å². The van der Waals surface area contributed by atoms with Gasteiger partial charge in [0.1, 0.15) is 11.6 Å². The molecule has 0 aliphatic rings. The molecule has 0 aliphatic heterocycles. The number of nitrogens with zero attached hydrogens (tertiary/aromatic N) is 6. The van der Waals surface area contributed by atoms with E-state index in [0.29, 0.717) is 11.2 Å². The average Bonchev–Trinajstić information content (AvgIpc) is 3.40. The van der Waals surface area contributed by atoms with Crippen molar-refractivity contribution in [3.63, 3.8) is 0 Å². The summed E-state index contributed by atoms with van der Waals surface area (Å²) in [6.45, 7) is 0.492. The van der Waals surface area contributed by atoms with Gasteiger partial charge in [-0.1, -0.05) is 11.3 Å². The molecular formula is C19H13F4N7O. The number of halogens is 4. The molecule has 3 heterocycles. The minimum Gasteiger partial charge on any atom is -0.333 e. The lowest BCUT2D eigenvalue weighted by Gasteiger charge is -2.11. The van der Waals surface area contributed by atoms with Crippen molar-refractivity contribution in [1.29, 1.82) is 0 Å². The van der Waals surface area contributed by atoms with E-state index in [-0.39, 0.29) is 11.5 Å². The summed E-state index contributed by atoms with van der Waals surface area (Å²) in [5.41, 5.74) is -1.61. The van der Waals surface area contributed by atoms with Crippen molar-refractivity contribution >= 4 is 11.7 Å². The molecular weight excluding hydrogens is 418 g/mol. The molecule has 0 aliphatic carbocycles. The lowest BCUT2D eigenvalue weighted by atomic mass is 10.2. The van der Waals surface area contributed by atoms with Gasteiger partial charge in [0.25, 0.3) is 5.91 Å². The van der Waals surface area contributed by atoms with Crippen molar-refractivity contribution in [3.8, 4) is 5.69 Å². The van der Waals surface area contributed by atoms with Crippen LogP contribution < -0.4 is 5.32 Å². The van der Waals surface area contributed by atoms with Gasteiger partial charge in [0.05, 0.1) is 12.0 Å². The highest BCUT2D eigenvalue weighted by Gasteiger charge is 2.42. The summed E-state index contributed by atoms with van der Waals surface area (Å²) >= 11 is 0. The van der Waals surface area contributed by atoms with E-state index in [1.54, 1.807) is 29.4 Å². The van der Waals surface area contributed by atoms with Crippen LogP contribution in [0.3, 0.4) is 0 Å². The first-order chi connectivity index (χ1) is 14.8. The van der Waals surface area contributed by atoms with E-state index in [1.165, 1.54) is 12.3 Å². The Morgan fingerprint density at radius 1 is 1.10 bits per heavy atom. The molecule has 158 valence electrons. The van der Waals surface area contributed by atoms with Crippen molar-refractivity contribution in [2.75, 3.05) is 5.32 Å². The quantitative estimate of drug-likeness (QED) is 0.490. The molecule has 1 N–H and O–H groups in total. The van der Waals surface area contributed by atoms with Gasteiger partial charge in [0.2, 0.25) is 0 Å². The summed E-state index contributed by atoms with van der Waals surface area (Å²) < 4.78 is 56.3. The molecule has 0 bridgehead atoms. The number of carbonyl (C=O) groups excluding carboxylic acids is 1. The van der Waals surface area contributed by atoms with Gasteiger partial charge in [-0.05, 0) is 35.9 Å². The Kier molecular flexibility index (Phi) is 5.19. The molecule has 3 aromatic heterocycles. The first kappa shape index (κ1) is 20.2. The summed E-state index contributed by atoms with van der Waals surface area (Å²) in [4.78, 5) is 20.5. The normalized spacial score (nSPS) is 11.5. The van der Waals surface area contributed by atoms with Gasteiger partial charge in [-0.15, -0.1) is 5.10 Å². The predicted molar refractivity (Wildman–Crippen MR) is 99.8 cm³/mol. The molecule has 0 atom stereocenters. The molecule has 31 heavy (non-hydrogen) atoms. The van der Waals surface area contributed by atoms with Gasteiger partial charge in [-0.3, -0.25) is 4.79 Å². The fourth-order valence-corrected chi connectivity index (χ4v) is 2.81. The highest BCUT2D eigenvalue weighted by Crippen LogP contribution is 2.33. The number of nitrogens with one attached hydrogen (secondary N) is 1. The Balaban J connectivity index is 1.57. The topological polar surface area (TPSA) is 90.5 Å². The van der Waals surface area contributed by atoms with Crippen molar-refractivity contribution in [2.45, 2.75) is 12.7 Å². The Morgan fingerprint density at radius 2 is 1.87 bits per heavy atom. The molecule has 0 saturated heterocycles. The second-order valence-corrected chi connectivity index (χ2v) is 6.41. The number of aromatic nitrogens is 6. The minimum atomic E-state index is -4.94. The number of anilines is 1. The molecule has 1 amide bonds. The average molecular weight is 431 g/mol. The zero-order valence-corrected chi connectivity index (χ0v) is 15.6. The van der Waals surface area contributed by atoms with Crippen LogP contribution >= 0.6 is 0 Å². The number of benzene rings is 1. The lowest BCUT2D eigenvalue weighted by molar-refractivity contribution is -0.143. The Hall–Kier alpha value is -4.09. The van der Waals surface area contributed by atoms with Crippen LogP contribution in [0.2, 0.25) is 0 Å². The van der Waals surface area contributed by atoms with E-state index < -0.39 is 29.3 Å². The third-order valence-corrected chi connectivity index (χ3v) is 4.22. The van der Waals surface area contributed by atoms with Crippen LogP contribution in [0.5, 0.6) is 0 Å². The van der Waals surface area contributed by atoms with Crippen LogP contribution in [0.4, 0.5) is 23.4 Å². The maximum atomic E-state index is 13.7. The predicted octanol–water partition coefficient (Wildman–Crippen LogP) is 3.32. The third kappa shape index (κ3) is 4.42. The van der Waals surface area contributed by atoms with E-state index in [2.05, 4.69) is 25.6 Å². The van der Waals surface area contributed by atoms with E-state index in [0.717, 1.165) is 29.8 Å². The SMILES string of the molecule is O=C(Nc1ccc(Cn2ccnc2)cn1)c1nnn(-c2ccc(F)cc2)c1C(F)(F)F. The van der Waals surface area contributed by atoms with Crippen LogP contribution in [0.15, 0.2) is 61.3 Å². The van der Waals surface area contributed by atoms with Crippen LogP contribution in [0, 0.1) is 5.82 Å². The highest BCUT2D eigenvalue weighted by atomic mass is 19.4. The summed E-state index contributed by atoms with van der Waals surface area (Å²) in [7, 11) is 0. The maximum absolute atomic E-state index is 13.7. The summed E-state index contributed by atoms with van der Waals surface area (Å²) in [6.07, 6.45) is 1.55. The molecule has 0 fully saturated rings. The van der Waals surface area contributed by atoms with E-state index >= 15 is 0 Å². The molecule has 4 aromatic rings. The fourth-order valence-electron chi connectivity index (χ4n) is 2.81. The smallest absolute Gasteiger partial charge is 0.333 e. The number of hydrogen-bond donors (Lipinski definition) is 1. The Labute approximate surface area is 172 Å². The van der Waals surface area contributed by atoms with Crippen LogP contribution in [0.1, 0.15) is 21.7 Å². The largest absolute Gasteiger partial charge is 0.435 e. The molecule has 0 saturated carbocycles. The number of carbonyl (C=O) groups is 1. The zero-order chi connectivity index (χ0) is 22.0. The van der Waals surface area contributed by atoms with Crippen molar-refractivity contribution in [2.24, 2.45) is 0 Å². The summed E-state index contributed by atoms with van der Waals surface area (Å²) in [5.74, 6) is -1.71. The molecule has 0 unspecified atom stereocenters. The summed E-state index contributed by atoms with van der Waals surface area (Å²) in [5, 5.41) is 9.12. The Bertz CT molecular complexity index is 1180. The first-order valence-corrected chi connectivity index (χ1v) is 8.82. The van der Waals surface area contributed by atoms with Gasteiger partial charge >= 0.3 is 6.18 Å². The highest BCUT2D eigenvalue weighted by molar-refractivity contribution is 6.03. The number of pyridine rings is 1. The van der Waals surface area contributed by atoms with Crippen molar-refractivity contribution in [1.82, 2.24) is 29.5 Å². The molecule has 0 radical (unpaired) electrons. The van der Waals surface area contributed by atoms with Gasteiger partial charge < -0.3 is 9.88 Å². The van der Waals surface area contributed by atoms with Crippen molar-refractivity contribution in [3.05, 3.63) is 84.1 Å². The number of imidazole rings is 1. The second-order valence-electron chi connectivity index (χ2n) is 6.41. The van der Waals surface area contributed by atoms with Crippen molar-refractivity contribution < 1.29 is 22.4 Å². The fraction of sp³-hybridized carbons (Fsp3) is 0.105. The molecule has 1 aromatic carbocycles. The van der Waals surface area contributed by atoms with Gasteiger partial charge in [0, 0.05) is 25.1 Å². The number of hydrogen-bond acceptors (Lipinski definition) is 5. The van der Waals surface area contributed by atoms with E-state index in [1.807, 2.05) is 0 Å². The van der Waals surface area contributed by atoms with Gasteiger partial charge in [0.15, 0.2) is 11.4 Å². The first-order valence-electron chi connectivity index (χ1n) is 8.82. The molecule has 12 heteroatoms. The number of alkyl halides is 3. The van der Waals surface area contributed by atoms with Crippen LogP contribution in [-0.4, -0.2) is 35.4 Å². The zero-order valence-electron chi connectivity index (χ0n) is 15.6. The molecule has 8 nitrogen and oxygen atoms in total. The van der Waals surface area contributed by atoms with E-state index in [9.17, 15) is 22.4 Å². The molecule has 0 spiro atoms. The van der Waals surface area contributed by atoms with Gasteiger partial charge in [-0.2, -0.15) is 13.2 Å². The summed E-state index contributed by atoms with van der Waals surface area (Å²) in [6, 6.07) is 7.28. The second kappa shape index (κ2) is 7.97. The standard InChI is InChI=1S/C19H13F4N7O/c20-13-2-4-14(5-3-13)30-17(19(21,22)23)16(27-28-30)18(31)26-15-6-1-12(9-25-15)10-29-8-7-24-11-29/h1-9,11H,10H2,(H,25,26,31). The molecule has 4 rings (SSSR count). The lowest BCUT2D eigenvalue weighted by Crippen LogP contribution is -2.21. The van der Waals surface area contributed by atoms with E-state index in [4.69, 9.17) is 0 Å². The third-order valence-electron chi connectivity index (χ3n) is 4.22. The maximum Gasteiger partial charge on any atom is 0.435 e. The Morgan fingerprint density at radius 3 is 2.48 bits per heavy atom. The number of amides is 1. The monoisotopic (exact) mass is 431 g/mol. The minimum absolute atomic E-state index is 0.0452. The van der Waals surface area contributed by atoms with Crippen LogP contribution in [-0.2, 0) is 12.7 Å².